The van der Waals surface area contributed by atoms with Gasteiger partial charge in [0.1, 0.15) is 16.2 Å². The van der Waals surface area contributed by atoms with E-state index in [4.69, 9.17) is 4.42 Å². The van der Waals surface area contributed by atoms with Crippen molar-refractivity contribution in [2.75, 3.05) is 5.32 Å². The summed E-state index contributed by atoms with van der Waals surface area (Å²) in [6.45, 7) is 0. The number of rotatable bonds is 3. The molecule has 0 bridgehead atoms. The Labute approximate surface area is 177 Å². The first-order chi connectivity index (χ1) is 14.8. The maximum absolute atomic E-state index is 13.2. The summed E-state index contributed by atoms with van der Waals surface area (Å²) in [5.74, 6) is 0.219. The summed E-state index contributed by atoms with van der Waals surface area (Å²) >= 11 is 0.963. The molecule has 0 unspecified atom stereocenters. The van der Waals surface area contributed by atoms with Crippen LogP contribution in [0.3, 0.4) is 0 Å². The summed E-state index contributed by atoms with van der Waals surface area (Å²) in [4.78, 5) is 13.1. The Balaban J connectivity index is 1.44. The van der Waals surface area contributed by atoms with Gasteiger partial charge in [-0.2, -0.15) is 18.3 Å². The van der Waals surface area contributed by atoms with Gasteiger partial charge in [-0.3, -0.25) is 9.48 Å². The van der Waals surface area contributed by atoms with Crippen molar-refractivity contribution < 1.29 is 22.4 Å². The van der Waals surface area contributed by atoms with Gasteiger partial charge in [-0.25, -0.2) is 0 Å². The molecule has 0 aliphatic heterocycles. The van der Waals surface area contributed by atoms with Gasteiger partial charge in [0.25, 0.3) is 5.91 Å². The molecule has 3 aromatic heterocycles. The third kappa shape index (κ3) is 3.46. The molecule has 0 fully saturated rings. The molecule has 0 saturated heterocycles. The molecule has 9 heteroatoms. The standard InChI is InChI=1S/C22H14F3N3O2S/c1-28-21-15(19(27-28)22(23,24)25)11-18(31-21)20(29)26-14-7-8-16-13(9-14)10-17(30-16)12-5-3-2-4-6-12/h2-11H,1H3,(H,26,29). The van der Waals surface area contributed by atoms with Crippen LogP contribution in [0.4, 0.5) is 18.9 Å². The highest BCUT2D eigenvalue weighted by Gasteiger charge is 2.37. The summed E-state index contributed by atoms with van der Waals surface area (Å²) in [7, 11) is 1.42. The Bertz CT molecular complexity index is 1430. The number of anilines is 1. The van der Waals surface area contributed by atoms with Crippen LogP contribution in [0.5, 0.6) is 0 Å². The van der Waals surface area contributed by atoms with Gasteiger partial charge in [0.15, 0.2) is 5.69 Å². The maximum atomic E-state index is 13.2. The average molecular weight is 441 g/mol. The Kier molecular flexibility index (Phi) is 4.37. The van der Waals surface area contributed by atoms with Gasteiger partial charge in [0, 0.05) is 29.1 Å². The van der Waals surface area contributed by atoms with Crippen molar-refractivity contribution in [3.63, 3.8) is 0 Å². The molecule has 0 atom stereocenters. The quantitative estimate of drug-likeness (QED) is 0.356. The Hall–Kier alpha value is -3.59. The number of furan rings is 1. The van der Waals surface area contributed by atoms with Crippen LogP contribution in [0, 0.1) is 0 Å². The van der Waals surface area contributed by atoms with Crippen molar-refractivity contribution >= 4 is 44.1 Å². The first-order valence-electron chi connectivity index (χ1n) is 9.24. The number of halogens is 3. The van der Waals surface area contributed by atoms with Gasteiger partial charge in [-0.05, 0) is 30.3 Å². The smallest absolute Gasteiger partial charge is 0.435 e. The number of hydrogen-bond donors (Lipinski definition) is 1. The number of fused-ring (bicyclic) bond motifs is 2. The van der Waals surface area contributed by atoms with Crippen molar-refractivity contribution in [3.8, 4) is 11.3 Å². The number of nitrogens with one attached hydrogen (secondary N) is 1. The highest BCUT2D eigenvalue weighted by atomic mass is 32.1. The molecule has 31 heavy (non-hydrogen) atoms. The third-order valence-electron chi connectivity index (χ3n) is 4.84. The second kappa shape index (κ2) is 6.98. The first-order valence-corrected chi connectivity index (χ1v) is 10.1. The highest BCUT2D eigenvalue weighted by Crippen LogP contribution is 2.37. The number of carbonyl (C=O) groups excluding carboxylic acids is 1. The summed E-state index contributed by atoms with van der Waals surface area (Å²) < 4.78 is 46.5. The van der Waals surface area contributed by atoms with E-state index < -0.39 is 17.8 Å². The second-order valence-electron chi connectivity index (χ2n) is 6.98. The lowest BCUT2D eigenvalue weighted by Crippen LogP contribution is -2.10. The number of amides is 1. The molecular weight excluding hydrogens is 427 g/mol. The van der Waals surface area contributed by atoms with Crippen molar-refractivity contribution in [2.45, 2.75) is 6.18 Å². The summed E-state index contributed by atoms with van der Waals surface area (Å²) in [5.41, 5.74) is 1.13. The summed E-state index contributed by atoms with van der Waals surface area (Å²) in [6, 6.07) is 17.9. The number of aromatic nitrogens is 2. The number of aryl methyl sites for hydroxylation is 1. The van der Waals surface area contributed by atoms with Crippen molar-refractivity contribution in [3.05, 3.63) is 71.2 Å². The molecule has 5 aromatic rings. The third-order valence-corrected chi connectivity index (χ3v) is 6.04. The molecule has 1 amide bonds. The average Bonchev–Trinajstić information content (AvgIpc) is 3.42. The SMILES string of the molecule is Cn1nc(C(F)(F)F)c2cc(C(=O)Nc3ccc4oc(-c5ccccc5)cc4c3)sc21. The van der Waals surface area contributed by atoms with Crippen molar-refractivity contribution in [1.82, 2.24) is 9.78 Å². The fourth-order valence-corrected chi connectivity index (χ4v) is 4.39. The molecule has 0 saturated carbocycles. The van der Waals surface area contributed by atoms with Crippen molar-refractivity contribution in [2.24, 2.45) is 7.05 Å². The molecular formula is C22H14F3N3O2S. The zero-order valence-electron chi connectivity index (χ0n) is 16.0. The van der Waals surface area contributed by atoms with Gasteiger partial charge in [0.05, 0.1) is 4.88 Å². The fourth-order valence-electron chi connectivity index (χ4n) is 3.42. The lowest BCUT2D eigenvalue weighted by atomic mass is 10.1. The predicted molar refractivity (Wildman–Crippen MR) is 113 cm³/mol. The zero-order valence-corrected chi connectivity index (χ0v) is 16.8. The zero-order chi connectivity index (χ0) is 21.8. The van der Waals surface area contributed by atoms with E-state index in [-0.39, 0.29) is 15.1 Å². The monoisotopic (exact) mass is 441 g/mol. The Morgan fingerprint density at radius 3 is 2.61 bits per heavy atom. The summed E-state index contributed by atoms with van der Waals surface area (Å²) in [6.07, 6.45) is -4.59. The van der Waals surface area contributed by atoms with Gasteiger partial charge in [0.2, 0.25) is 0 Å². The normalized spacial score (nSPS) is 12.0. The summed E-state index contributed by atoms with van der Waals surface area (Å²) in [5, 5.41) is 7.00. The minimum atomic E-state index is -4.59. The van der Waals surface area contributed by atoms with E-state index in [2.05, 4.69) is 10.4 Å². The van der Waals surface area contributed by atoms with E-state index in [1.165, 1.54) is 13.1 Å². The van der Waals surface area contributed by atoms with Crippen LogP contribution in [0.1, 0.15) is 15.4 Å². The molecule has 2 aromatic carbocycles. The van der Waals surface area contributed by atoms with Gasteiger partial charge in [-0.1, -0.05) is 30.3 Å². The lowest BCUT2D eigenvalue weighted by molar-refractivity contribution is -0.140. The largest absolute Gasteiger partial charge is 0.456 e. The minimum Gasteiger partial charge on any atom is -0.456 e. The number of hydrogen-bond acceptors (Lipinski definition) is 4. The fraction of sp³-hybridized carbons (Fsp3) is 0.0909. The molecule has 156 valence electrons. The Morgan fingerprint density at radius 1 is 1.10 bits per heavy atom. The molecule has 0 radical (unpaired) electrons. The maximum Gasteiger partial charge on any atom is 0.435 e. The van der Waals surface area contributed by atoms with E-state index in [9.17, 15) is 18.0 Å². The molecule has 5 nitrogen and oxygen atoms in total. The second-order valence-corrected chi connectivity index (χ2v) is 8.01. The lowest BCUT2D eigenvalue weighted by Gasteiger charge is -2.04. The number of alkyl halides is 3. The Morgan fingerprint density at radius 2 is 1.87 bits per heavy atom. The van der Waals surface area contributed by atoms with Crippen LogP contribution in [0.15, 0.2) is 65.1 Å². The van der Waals surface area contributed by atoms with E-state index in [0.717, 1.165) is 27.0 Å². The van der Waals surface area contributed by atoms with Crippen LogP contribution < -0.4 is 5.32 Å². The predicted octanol–water partition coefficient (Wildman–Crippen LogP) is 6.32. The van der Waals surface area contributed by atoms with Crippen LogP contribution in [-0.4, -0.2) is 15.7 Å². The van der Waals surface area contributed by atoms with Gasteiger partial charge >= 0.3 is 6.18 Å². The van der Waals surface area contributed by atoms with E-state index in [1.807, 2.05) is 36.4 Å². The van der Waals surface area contributed by atoms with E-state index >= 15 is 0 Å². The van der Waals surface area contributed by atoms with Crippen LogP contribution in [0.25, 0.3) is 32.5 Å². The molecule has 0 spiro atoms. The number of benzene rings is 2. The van der Waals surface area contributed by atoms with E-state index in [0.29, 0.717) is 17.0 Å². The van der Waals surface area contributed by atoms with Gasteiger partial charge < -0.3 is 9.73 Å². The molecule has 0 aliphatic rings. The van der Waals surface area contributed by atoms with Crippen LogP contribution in [-0.2, 0) is 13.2 Å². The minimum absolute atomic E-state index is 0.0806. The topological polar surface area (TPSA) is 60.1 Å². The number of thiophene rings is 1. The molecule has 1 N–H and O–H groups in total. The van der Waals surface area contributed by atoms with E-state index in [1.54, 1.807) is 18.2 Å². The number of carbonyl (C=O) groups is 1. The molecule has 5 rings (SSSR count). The van der Waals surface area contributed by atoms with Gasteiger partial charge in [-0.15, -0.1) is 11.3 Å². The van der Waals surface area contributed by atoms with Crippen LogP contribution >= 0.6 is 11.3 Å². The number of nitrogens with zero attached hydrogens (tertiary/aromatic N) is 2. The first kappa shape index (κ1) is 19.4. The molecule has 3 heterocycles. The highest BCUT2D eigenvalue weighted by molar-refractivity contribution is 7.20. The molecule has 0 aliphatic carbocycles. The van der Waals surface area contributed by atoms with Crippen LogP contribution in [0.2, 0.25) is 0 Å². The van der Waals surface area contributed by atoms with Crippen molar-refractivity contribution in [1.29, 1.82) is 0 Å².